The minimum Gasteiger partial charge on any atom is -0.497 e. The molecule has 3 rings (SSSR count). The average molecular weight is 444 g/mol. The average Bonchev–Trinajstić information content (AvgIpc) is 3.25. The molecule has 0 fully saturated rings. The molecule has 0 unspecified atom stereocenters. The van der Waals surface area contributed by atoms with E-state index >= 15 is 0 Å². The van der Waals surface area contributed by atoms with Crippen LogP contribution < -0.4 is 10.1 Å². The zero-order chi connectivity index (χ0) is 22.4. The largest absolute Gasteiger partial charge is 0.497 e. The van der Waals surface area contributed by atoms with E-state index in [1.54, 1.807) is 69.5 Å². The van der Waals surface area contributed by atoms with Crippen molar-refractivity contribution in [3.8, 4) is 17.2 Å². The van der Waals surface area contributed by atoms with E-state index in [-0.39, 0.29) is 23.9 Å². The molecule has 2 aromatic carbocycles. The van der Waals surface area contributed by atoms with Crippen LogP contribution in [0.2, 0.25) is 5.02 Å². The third-order valence-corrected chi connectivity index (χ3v) is 4.80. The number of ether oxygens (including phenoxy) is 2. The van der Waals surface area contributed by atoms with Gasteiger partial charge in [-0.2, -0.15) is 4.98 Å². The second-order valence-corrected chi connectivity index (χ2v) is 7.43. The van der Waals surface area contributed by atoms with Crippen LogP contribution in [0, 0.1) is 5.92 Å². The Balaban J connectivity index is 1.62. The molecule has 0 aliphatic heterocycles. The number of esters is 1. The summed E-state index contributed by atoms with van der Waals surface area (Å²) in [5, 5.41) is 6.81. The summed E-state index contributed by atoms with van der Waals surface area (Å²) >= 11 is 6.06. The number of aromatic nitrogens is 2. The summed E-state index contributed by atoms with van der Waals surface area (Å²) in [6, 6.07) is 12.8. The van der Waals surface area contributed by atoms with Gasteiger partial charge in [0.25, 0.3) is 11.8 Å². The summed E-state index contributed by atoms with van der Waals surface area (Å²) < 4.78 is 15.7. The summed E-state index contributed by atoms with van der Waals surface area (Å²) in [5.74, 6) is -0.0657. The Morgan fingerprint density at radius 2 is 1.84 bits per heavy atom. The van der Waals surface area contributed by atoms with Crippen LogP contribution in [0.4, 0.5) is 0 Å². The molecule has 1 aromatic heterocycles. The Kier molecular flexibility index (Phi) is 7.25. The number of benzene rings is 2. The normalized spacial score (nSPS) is 11.8. The van der Waals surface area contributed by atoms with Gasteiger partial charge in [0.05, 0.1) is 17.7 Å². The summed E-state index contributed by atoms with van der Waals surface area (Å²) in [6.45, 7) is 3.41. The first kappa shape index (κ1) is 22.3. The first-order valence-corrected chi connectivity index (χ1v) is 9.96. The number of halogens is 1. The number of rotatable bonds is 8. The second kappa shape index (κ2) is 10.1. The number of nitrogens with zero attached hydrogens (tertiary/aromatic N) is 2. The quantitative estimate of drug-likeness (QED) is 0.526. The summed E-state index contributed by atoms with van der Waals surface area (Å²) in [6.07, 6.45) is 0. The van der Waals surface area contributed by atoms with Crippen molar-refractivity contribution in [1.82, 2.24) is 15.5 Å². The molecule has 8 nitrogen and oxygen atoms in total. The number of methoxy groups -OCH3 is 1. The van der Waals surface area contributed by atoms with Crippen molar-refractivity contribution >= 4 is 23.5 Å². The van der Waals surface area contributed by atoms with Crippen molar-refractivity contribution in [3.63, 3.8) is 0 Å². The van der Waals surface area contributed by atoms with Gasteiger partial charge in [-0.3, -0.25) is 4.79 Å². The maximum absolute atomic E-state index is 12.6. The van der Waals surface area contributed by atoms with E-state index < -0.39 is 17.9 Å². The van der Waals surface area contributed by atoms with E-state index in [0.717, 1.165) is 0 Å². The van der Waals surface area contributed by atoms with Crippen molar-refractivity contribution in [3.05, 3.63) is 64.9 Å². The molecule has 0 bridgehead atoms. The van der Waals surface area contributed by atoms with Crippen LogP contribution in [0.1, 0.15) is 30.0 Å². The van der Waals surface area contributed by atoms with Crippen molar-refractivity contribution in [1.29, 1.82) is 0 Å². The molecular weight excluding hydrogens is 422 g/mol. The van der Waals surface area contributed by atoms with Crippen molar-refractivity contribution in [2.24, 2.45) is 5.92 Å². The lowest BCUT2D eigenvalue weighted by Crippen LogP contribution is -2.45. The lowest BCUT2D eigenvalue weighted by atomic mass is 10.0. The molecule has 1 heterocycles. The van der Waals surface area contributed by atoms with Crippen LogP contribution in [0.15, 0.2) is 53.1 Å². The Morgan fingerprint density at radius 1 is 1.13 bits per heavy atom. The van der Waals surface area contributed by atoms with Gasteiger partial charge in [-0.15, -0.1) is 0 Å². The molecule has 9 heteroatoms. The number of carbonyl (C=O) groups is 2. The van der Waals surface area contributed by atoms with Crippen LogP contribution in [0.5, 0.6) is 5.75 Å². The molecule has 0 saturated carbocycles. The fourth-order valence-corrected chi connectivity index (χ4v) is 2.97. The molecular formula is C22H22ClN3O5. The van der Waals surface area contributed by atoms with Gasteiger partial charge in [-0.05, 0) is 42.3 Å². The molecule has 0 spiro atoms. The summed E-state index contributed by atoms with van der Waals surface area (Å²) in [5.41, 5.74) is 0.989. The fraction of sp³-hybridized carbons (Fsp3) is 0.273. The first-order chi connectivity index (χ1) is 14.9. The molecule has 0 aliphatic rings. The van der Waals surface area contributed by atoms with Gasteiger partial charge in [0.2, 0.25) is 5.82 Å². The molecule has 0 radical (unpaired) electrons. The topological polar surface area (TPSA) is 104 Å². The third kappa shape index (κ3) is 5.61. The Labute approximate surface area is 184 Å². The number of carbonyl (C=O) groups excluding carboxylic acids is 2. The molecule has 1 amide bonds. The molecule has 31 heavy (non-hydrogen) atoms. The minimum absolute atomic E-state index is 0.191. The summed E-state index contributed by atoms with van der Waals surface area (Å²) in [7, 11) is 1.58. The molecule has 0 aliphatic carbocycles. The van der Waals surface area contributed by atoms with E-state index in [4.69, 9.17) is 25.6 Å². The van der Waals surface area contributed by atoms with Gasteiger partial charge in [0.15, 0.2) is 6.61 Å². The van der Waals surface area contributed by atoms with Gasteiger partial charge >= 0.3 is 5.97 Å². The Morgan fingerprint density at radius 3 is 2.48 bits per heavy atom. The van der Waals surface area contributed by atoms with Gasteiger partial charge in [-0.1, -0.05) is 42.7 Å². The smallest absolute Gasteiger partial charge is 0.329 e. The predicted molar refractivity (Wildman–Crippen MR) is 114 cm³/mol. The highest BCUT2D eigenvalue weighted by atomic mass is 35.5. The number of hydrogen-bond acceptors (Lipinski definition) is 7. The van der Waals surface area contributed by atoms with E-state index in [0.29, 0.717) is 22.2 Å². The number of nitrogens with one attached hydrogen (secondary N) is 1. The molecule has 1 atom stereocenters. The number of amides is 1. The monoisotopic (exact) mass is 443 g/mol. The van der Waals surface area contributed by atoms with Crippen LogP contribution in [-0.2, 0) is 16.1 Å². The third-order valence-electron chi connectivity index (χ3n) is 4.47. The molecule has 0 saturated heterocycles. The Bertz CT molecular complexity index is 1050. The lowest BCUT2D eigenvalue weighted by molar-refractivity contribution is -0.148. The highest BCUT2D eigenvalue weighted by Crippen LogP contribution is 2.21. The fourth-order valence-electron chi connectivity index (χ4n) is 2.75. The van der Waals surface area contributed by atoms with Crippen LogP contribution >= 0.6 is 11.6 Å². The maximum atomic E-state index is 12.6. The van der Waals surface area contributed by atoms with E-state index in [1.807, 2.05) is 0 Å². The maximum Gasteiger partial charge on any atom is 0.329 e. The van der Waals surface area contributed by atoms with Crippen LogP contribution in [0.25, 0.3) is 11.5 Å². The van der Waals surface area contributed by atoms with E-state index in [2.05, 4.69) is 15.5 Å². The van der Waals surface area contributed by atoms with Gasteiger partial charge in [0.1, 0.15) is 11.8 Å². The SMILES string of the molecule is COc1ccc(-c2nc(COC(=O)[C@@H](NC(=O)c3ccccc3Cl)C(C)C)no2)cc1. The van der Waals surface area contributed by atoms with Gasteiger partial charge in [0, 0.05) is 5.56 Å². The zero-order valence-electron chi connectivity index (χ0n) is 17.3. The van der Waals surface area contributed by atoms with Crippen molar-refractivity contribution in [2.75, 3.05) is 7.11 Å². The van der Waals surface area contributed by atoms with E-state index in [9.17, 15) is 9.59 Å². The van der Waals surface area contributed by atoms with Crippen LogP contribution in [-0.4, -0.2) is 35.2 Å². The molecule has 162 valence electrons. The standard InChI is InChI=1S/C22H22ClN3O5/c1-13(2)19(25-20(27)16-6-4-5-7-17(16)23)22(28)30-12-18-24-21(31-26-18)14-8-10-15(29-3)11-9-14/h4-11,13,19H,12H2,1-3H3,(H,25,27)/t19-/m0/s1. The first-order valence-electron chi connectivity index (χ1n) is 9.58. The minimum atomic E-state index is -0.864. The van der Waals surface area contributed by atoms with Crippen molar-refractivity contribution in [2.45, 2.75) is 26.5 Å². The van der Waals surface area contributed by atoms with E-state index in [1.165, 1.54) is 0 Å². The predicted octanol–water partition coefficient (Wildman–Crippen LogP) is 3.90. The Hall–Kier alpha value is -3.39. The second-order valence-electron chi connectivity index (χ2n) is 7.03. The highest BCUT2D eigenvalue weighted by Gasteiger charge is 2.27. The van der Waals surface area contributed by atoms with Crippen molar-refractivity contribution < 1.29 is 23.6 Å². The highest BCUT2D eigenvalue weighted by molar-refractivity contribution is 6.33. The van der Waals surface area contributed by atoms with Gasteiger partial charge < -0.3 is 19.3 Å². The summed E-state index contributed by atoms with van der Waals surface area (Å²) in [4.78, 5) is 29.3. The lowest BCUT2D eigenvalue weighted by Gasteiger charge is -2.20. The van der Waals surface area contributed by atoms with Crippen LogP contribution in [0.3, 0.4) is 0 Å². The zero-order valence-corrected chi connectivity index (χ0v) is 18.1. The van der Waals surface area contributed by atoms with Gasteiger partial charge in [-0.25, -0.2) is 4.79 Å². The number of hydrogen-bond donors (Lipinski definition) is 1. The molecule has 3 aromatic rings. The molecule has 1 N–H and O–H groups in total.